The molecule has 0 aliphatic carbocycles. The zero-order chi connectivity index (χ0) is 50.6. The fraction of sp³-hybridized carbons (Fsp3) is 0.754. The molecule has 0 aromatic rings. The Morgan fingerprint density at radius 2 is 0.812 bits per heavy atom. The van der Waals surface area contributed by atoms with Gasteiger partial charge in [0.25, 0.3) is 0 Å². The maximum Gasteiger partial charge on any atom is 0.362 e. The Bertz CT molecular complexity index is 1360. The van der Waals surface area contributed by atoms with Crippen molar-refractivity contribution in [3.63, 3.8) is 0 Å². The van der Waals surface area contributed by atoms with Crippen LogP contribution in [0, 0.1) is 0 Å². The van der Waals surface area contributed by atoms with Crippen LogP contribution in [0.1, 0.15) is 245 Å². The predicted molar refractivity (Wildman–Crippen MR) is 294 cm³/mol. The Morgan fingerprint density at radius 3 is 1.20 bits per heavy atom. The second kappa shape index (κ2) is 51.1. The minimum atomic E-state index is -0.876. The van der Waals surface area contributed by atoms with Crippen molar-refractivity contribution >= 4 is 17.9 Å². The van der Waals surface area contributed by atoms with E-state index < -0.39 is 18.1 Å². The third-order valence-corrected chi connectivity index (χ3v) is 12.6. The number of hydrogen-bond acceptors (Lipinski definition) is 6. The van der Waals surface area contributed by atoms with Gasteiger partial charge < -0.3 is 23.8 Å². The Morgan fingerprint density at radius 1 is 0.449 bits per heavy atom. The lowest BCUT2D eigenvalue weighted by molar-refractivity contribution is -0.887. The molecular formula is C61H108NO7+. The highest BCUT2D eigenvalue weighted by atomic mass is 16.6. The van der Waals surface area contributed by atoms with Gasteiger partial charge in [-0.2, -0.15) is 0 Å². The van der Waals surface area contributed by atoms with Crippen LogP contribution in [-0.2, 0) is 28.6 Å². The highest BCUT2D eigenvalue weighted by molar-refractivity contribution is 5.72. The third kappa shape index (κ3) is 49.5. The molecule has 0 rings (SSSR count). The summed E-state index contributed by atoms with van der Waals surface area (Å²) >= 11 is 0. The lowest BCUT2D eigenvalue weighted by Gasteiger charge is -2.31. The van der Waals surface area contributed by atoms with Crippen molar-refractivity contribution in [3.05, 3.63) is 72.9 Å². The van der Waals surface area contributed by atoms with E-state index in [1.54, 1.807) is 0 Å². The maximum atomic E-state index is 12.8. The van der Waals surface area contributed by atoms with E-state index in [0.29, 0.717) is 19.3 Å². The van der Waals surface area contributed by atoms with Gasteiger partial charge in [0.1, 0.15) is 6.61 Å². The molecule has 0 saturated carbocycles. The number of hydrogen-bond donors (Lipinski definition) is 1. The van der Waals surface area contributed by atoms with E-state index in [0.717, 1.165) is 77.0 Å². The monoisotopic (exact) mass is 967 g/mol. The maximum absolute atomic E-state index is 12.8. The summed E-state index contributed by atoms with van der Waals surface area (Å²) in [6.07, 6.45) is 66.7. The minimum absolute atomic E-state index is 0.0551. The van der Waals surface area contributed by atoms with Crippen LogP contribution in [0.4, 0.5) is 0 Å². The highest BCUT2D eigenvalue weighted by Gasteiger charge is 2.31. The Kier molecular flexibility index (Phi) is 48.7. The second-order valence-corrected chi connectivity index (χ2v) is 20.2. The number of carbonyl (C=O) groups is 3. The molecule has 0 aliphatic rings. The van der Waals surface area contributed by atoms with E-state index in [1.807, 2.05) is 21.1 Å². The predicted octanol–water partition coefficient (Wildman–Crippen LogP) is 17.0. The van der Waals surface area contributed by atoms with Crippen molar-refractivity contribution in [3.8, 4) is 0 Å². The first kappa shape index (κ1) is 65.8. The molecule has 0 radical (unpaired) electrons. The number of quaternary nitrogens is 1. The number of likely N-dealkylation sites (N-methyl/N-ethyl adjacent to an activating group) is 1. The quantitative estimate of drug-likeness (QED) is 0.0281. The molecule has 2 unspecified atom stereocenters. The molecule has 8 heteroatoms. The number of carboxylic acid groups (broad SMARTS) is 1. The van der Waals surface area contributed by atoms with Crippen LogP contribution in [0.25, 0.3) is 0 Å². The Labute approximate surface area is 425 Å². The van der Waals surface area contributed by atoms with E-state index in [-0.39, 0.29) is 36.2 Å². The summed E-state index contributed by atoms with van der Waals surface area (Å²) in [5.41, 5.74) is 0. The minimum Gasteiger partial charge on any atom is -0.477 e. The Hall–Kier alpha value is -3.23. The molecule has 0 aliphatic heterocycles. The molecule has 0 aromatic heterocycles. The van der Waals surface area contributed by atoms with Crippen molar-refractivity contribution in [1.82, 2.24) is 0 Å². The van der Waals surface area contributed by atoms with Gasteiger partial charge in [-0.05, 0) is 83.5 Å². The molecule has 8 nitrogen and oxygen atoms in total. The zero-order valence-corrected chi connectivity index (χ0v) is 45.5. The van der Waals surface area contributed by atoms with Crippen molar-refractivity contribution in [2.45, 2.75) is 257 Å². The molecule has 398 valence electrons. The largest absolute Gasteiger partial charge is 0.477 e. The number of allylic oxidation sites excluding steroid dienone is 12. The van der Waals surface area contributed by atoms with Crippen molar-refractivity contribution < 1.29 is 38.2 Å². The molecule has 2 atom stereocenters. The first-order valence-electron chi connectivity index (χ1n) is 28.5. The van der Waals surface area contributed by atoms with Crippen LogP contribution in [0.2, 0.25) is 0 Å². The number of ether oxygens (including phenoxy) is 3. The zero-order valence-electron chi connectivity index (χ0n) is 45.5. The second-order valence-electron chi connectivity index (χ2n) is 20.2. The normalized spacial score (nSPS) is 13.3. The molecule has 0 heterocycles. The summed E-state index contributed by atoms with van der Waals surface area (Å²) in [5.74, 6) is -1.47. The van der Waals surface area contributed by atoms with E-state index in [9.17, 15) is 19.5 Å². The fourth-order valence-corrected chi connectivity index (χ4v) is 8.23. The van der Waals surface area contributed by atoms with Crippen LogP contribution >= 0.6 is 0 Å². The summed E-state index contributed by atoms with van der Waals surface area (Å²) in [7, 11) is 5.54. The van der Waals surface area contributed by atoms with Crippen molar-refractivity contribution in [2.24, 2.45) is 0 Å². The first-order valence-corrected chi connectivity index (χ1v) is 28.5. The SMILES string of the molecule is CC/C=C/C/C=C/C/C=C/CCCCCCCCCCCCCCCC(=O)OCC(COCCC(C(=O)O)[N+](C)(C)C)OC(=O)CCCCCCCCCCC/C=C/C/C=C/C/C=C/CCCCC. The third-order valence-electron chi connectivity index (χ3n) is 12.6. The number of unbranched alkanes of at least 4 members (excludes halogenated alkanes) is 25. The van der Waals surface area contributed by atoms with Crippen LogP contribution in [-0.4, -0.2) is 80.6 Å². The van der Waals surface area contributed by atoms with Crippen LogP contribution in [0.3, 0.4) is 0 Å². The summed E-state index contributed by atoms with van der Waals surface area (Å²) in [6.45, 7) is 4.62. The summed E-state index contributed by atoms with van der Waals surface area (Å²) in [4.78, 5) is 37.3. The van der Waals surface area contributed by atoms with Gasteiger partial charge in [-0.3, -0.25) is 9.59 Å². The molecule has 0 saturated heterocycles. The summed E-state index contributed by atoms with van der Waals surface area (Å²) < 4.78 is 17.4. The van der Waals surface area contributed by atoms with Crippen molar-refractivity contribution in [1.29, 1.82) is 0 Å². The first-order chi connectivity index (χ1) is 33.6. The molecule has 0 aromatic carbocycles. The summed E-state index contributed by atoms with van der Waals surface area (Å²) in [5, 5.41) is 9.68. The van der Waals surface area contributed by atoms with Crippen LogP contribution in [0.15, 0.2) is 72.9 Å². The molecule has 1 N–H and O–H groups in total. The molecule has 0 fully saturated rings. The van der Waals surface area contributed by atoms with Gasteiger partial charge in [-0.15, -0.1) is 0 Å². The van der Waals surface area contributed by atoms with Gasteiger partial charge in [0.2, 0.25) is 0 Å². The summed E-state index contributed by atoms with van der Waals surface area (Å²) in [6, 6.07) is -0.619. The lowest BCUT2D eigenvalue weighted by Crippen LogP contribution is -2.50. The Balaban J connectivity index is 4.18. The fourth-order valence-electron chi connectivity index (χ4n) is 8.23. The smallest absolute Gasteiger partial charge is 0.362 e. The molecular weight excluding hydrogens is 859 g/mol. The van der Waals surface area contributed by atoms with Gasteiger partial charge in [-0.1, -0.05) is 215 Å². The van der Waals surface area contributed by atoms with Gasteiger partial charge in [0.15, 0.2) is 12.1 Å². The number of rotatable bonds is 51. The number of carbonyl (C=O) groups excluding carboxylic acids is 2. The number of esters is 2. The van der Waals surface area contributed by atoms with E-state index >= 15 is 0 Å². The topological polar surface area (TPSA) is 99.1 Å². The van der Waals surface area contributed by atoms with E-state index in [1.165, 1.54) is 135 Å². The molecule has 69 heavy (non-hydrogen) atoms. The average Bonchev–Trinajstić information content (AvgIpc) is 3.31. The van der Waals surface area contributed by atoms with Gasteiger partial charge >= 0.3 is 17.9 Å². The lowest BCUT2D eigenvalue weighted by atomic mass is 10.0. The van der Waals surface area contributed by atoms with E-state index in [4.69, 9.17) is 14.2 Å². The van der Waals surface area contributed by atoms with Gasteiger partial charge in [0, 0.05) is 19.3 Å². The molecule has 0 amide bonds. The molecule has 0 bridgehead atoms. The number of carboxylic acids is 1. The number of aliphatic carboxylic acids is 1. The average molecular weight is 968 g/mol. The molecule has 0 spiro atoms. The number of nitrogens with zero attached hydrogens (tertiary/aromatic N) is 1. The van der Waals surface area contributed by atoms with Gasteiger partial charge in [0.05, 0.1) is 34.4 Å². The van der Waals surface area contributed by atoms with Crippen molar-refractivity contribution in [2.75, 3.05) is 41.0 Å². The highest BCUT2D eigenvalue weighted by Crippen LogP contribution is 2.16. The van der Waals surface area contributed by atoms with Crippen LogP contribution in [0.5, 0.6) is 0 Å². The van der Waals surface area contributed by atoms with Crippen LogP contribution < -0.4 is 0 Å². The van der Waals surface area contributed by atoms with E-state index in [2.05, 4.69) is 86.8 Å². The standard InChI is InChI=1S/C61H107NO7/c1-6-8-10-12-14-16-18-20-22-24-26-28-30-32-33-35-37-39-41-43-45-47-49-51-59(63)68-56-57(55-67-54-53-58(61(65)66)62(3,4)5)69-60(64)52-50-48-46-44-42-40-38-36-34-31-29-27-25-23-21-19-17-15-13-11-9-7-2/h8,10,14-17,20-23,27,29,57-58H,6-7,9,11-13,18-19,24-26,28,30-56H2,1-5H3/p+1/b10-8+,16-14+,17-15+,22-20+,23-21+,29-27+. The van der Waals surface area contributed by atoms with Gasteiger partial charge in [-0.25, -0.2) is 4.79 Å².